The van der Waals surface area contributed by atoms with Crippen molar-refractivity contribution in [3.8, 4) is 0 Å². The molecule has 1 heterocycles. The number of halogens is 1. The number of amides is 1. The molecule has 0 aliphatic carbocycles. The highest BCUT2D eigenvalue weighted by molar-refractivity contribution is 9.10. The fourth-order valence-electron chi connectivity index (χ4n) is 2.54. The second-order valence-corrected chi connectivity index (χ2v) is 8.07. The van der Waals surface area contributed by atoms with Crippen molar-refractivity contribution in [3.63, 3.8) is 0 Å². The van der Waals surface area contributed by atoms with Crippen molar-refractivity contribution in [1.82, 2.24) is 9.88 Å². The van der Waals surface area contributed by atoms with Gasteiger partial charge in [0.05, 0.1) is 15.1 Å². The van der Waals surface area contributed by atoms with Crippen molar-refractivity contribution in [2.45, 2.75) is 0 Å². The summed E-state index contributed by atoms with van der Waals surface area (Å²) in [6, 6.07) is 11.7. The maximum Gasteiger partial charge on any atom is 0.282 e. The minimum Gasteiger partial charge on any atom is -0.308 e. The number of anilines is 1. The van der Waals surface area contributed by atoms with E-state index in [0.717, 1.165) is 14.7 Å². The number of fused-ring (bicyclic) bond motifs is 1. The van der Waals surface area contributed by atoms with E-state index in [9.17, 15) is 14.9 Å². The van der Waals surface area contributed by atoms with Crippen LogP contribution in [0.5, 0.6) is 0 Å². The number of likely N-dealkylation sites (N-methyl/N-ethyl adjacent to an activating group) is 1. The molecule has 0 bridgehead atoms. The number of nitro groups is 1. The van der Waals surface area contributed by atoms with Crippen molar-refractivity contribution in [1.29, 1.82) is 0 Å². The van der Waals surface area contributed by atoms with Gasteiger partial charge in [-0.05, 0) is 38.4 Å². The number of benzene rings is 2. The van der Waals surface area contributed by atoms with Gasteiger partial charge in [-0.15, -0.1) is 0 Å². The second-order valence-electron chi connectivity index (χ2n) is 6.14. The fraction of sp³-hybridized carbons (Fsp3) is 0.222. The molecule has 0 N–H and O–H groups in total. The fourth-order valence-corrected chi connectivity index (χ4v) is 4.09. The van der Waals surface area contributed by atoms with E-state index in [0.29, 0.717) is 18.2 Å². The Kier molecular flexibility index (Phi) is 5.83. The lowest BCUT2D eigenvalue weighted by Crippen LogP contribution is -2.37. The van der Waals surface area contributed by atoms with Crippen LogP contribution in [-0.2, 0) is 0 Å². The molecule has 7 nitrogen and oxygen atoms in total. The van der Waals surface area contributed by atoms with E-state index < -0.39 is 10.8 Å². The quantitative estimate of drug-likeness (QED) is 0.417. The number of hydrogen-bond acceptors (Lipinski definition) is 6. The van der Waals surface area contributed by atoms with Gasteiger partial charge in [-0.1, -0.05) is 39.4 Å². The van der Waals surface area contributed by atoms with E-state index in [1.54, 1.807) is 12.1 Å². The first-order valence-electron chi connectivity index (χ1n) is 8.13. The third-order valence-corrected chi connectivity index (χ3v) is 5.45. The lowest BCUT2D eigenvalue weighted by molar-refractivity contribution is -0.385. The van der Waals surface area contributed by atoms with E-state index >= 15 is 0 Å². The van der Waals surface area contributed by atoms with E-state index in [2.05, 4.69) is 20.9 Å². The predicted molar refractivity (Wildman–Crippen MR) is 111 cm³/mol. The Bertz CT molecular complexity index is 1010. The summed E-state index contributed by atoms with van der Waals surface area (Å²) < 4.78 is 1.86. The molecule has 9 heteroatoms. The molecule has 0 saturated heterocycles. The number of aromatic nitrogens is 1. The number of carbonyl (C=O) groups is 1. The van der Waals surface area contributed by atoms with Crippen LogP contribution in [0.25, 0.3) is 10.2 Å². The zero-order valence-electron chi connectivity index (χ0n) is 14.8. The molecule has 27 heavy (non-hydrogen) atoms. The predicted octanol–water partition coefficient (Wildman–Crippen LogP) is 4.18. The largest absolute Gasteiger partial charge is 0.308 e. The average Bonchev–Trinajstić information content (AvgIpc) is 3.04. The molecule has 1 amide bonds. The molecule has 0 spiro atoms. The number of thiazole rings is 1. The lowest BCUT2D eigenvalue weighted by atomic mass is 10.1. The first kappa shape index (κ1) is 19.4. The summed E-state index contributed by atoms with van der Waals surface area (Å²) in [7, 11) is 3.81. The van der Waals surface area contributed by atoms with Gasteiger partial charge in [0, 0.05) is 23.6 Å². The maximum atomic E-state index is 13.2. The van der Waals surface area contributed by atoms with Gasteiger partial charge in [-0.2, -0.15) is 0 Å². The summed E-state index contributed by atoms with van der Waals surface area (Å²) in [5.74, 6) is -0.428. The number of carbonyl (C=O) groups excluding carboxylic acids is 1. The van der Waals surface area contributed by atoms with Crippen molar-refractivity contribution in [2.24, 2.45) is 0 Å². The zero-order chi connectivity index (χ0) is 19.6. The van der Waals surface area contributed by atoms with Gasteiger partial charge < -0.3 is 4.90 Å². The number of rotatable bonds is 6. The Balaban J connectivity index is 2.04. The molecule has 3 rings (SSSR count). The van der Waals surface area contributed by atoms with Crippen LogP contribution in [0.4, 0.5) is 10.8 Å². The first-order valence-corrected chi connectivity index (χ1v) is 9.74. The number of hydrogen-bond donors (Lipinski definition) is 0. The molecule has 2 aromatic carbocycles. The Morgan fingerprint density at radius 3 is 2.67 bits per heavy atom. The van der Waals surface area contributed by atoms with Gasteiger partial charge in [-0.25, -0.2) is 4.98 Å². The van der Waals surface area contributed by atoms with Gasteiger partial charge in [0.25, 0.3) is 11.6 Å². The first-order chi connectivity index (χ1) is 12.9. The minimum absolute atomic E-state index is 0.0571. The van der Waals surface area contributed by atoms with Crippen LogP contribution in [0.1, 0.15) is 10.4 Å². The minimum atomic E-state index is -0.535. The molecule has 1 aromatic heterocycles. The topological polar surface area (TPSA) is 79.6 Å². The average molecular weight is 449 g/mol. The van der Waals surface area contributed by atoms with Crippen molar-refractivity contribution in [2.75, 3.05) is 32.1 Å². The van der Waals surface area contributed by atoms with Gasteiger partial charge in [0.1, 0.15) is 5.56 Å². The van der Waals surface area contributed by atoms with E-state index in [4.69, 9.17) is 0 Å². The van der Waals surface area contributed by atoms with E-state index in [-0.39, 0.29) is 11.3 Å². The molecular weight excluding hydrogens is 432 g/mol. The van der Waals surface area contributed by atoms with Gasteiger partial charge >= 0.3 is 0 Å². The molecule has 0 fully saturated rings. The van der Waals surface area contributed by atoms with Crippen LogP contribution in [0.2, 0.25) is 0 Å². The van der Waals surface area contributed by atoms with Crippen LogP contribution >= 0.6 is 27.3 Å². The van der Waals surface area contributed by atoms with Crippen LogP contribution in [0.15, 0.2) is 46.9 Å². The van der Waals surface area contributed by atoms with Crippen molar-refractivity contribution in [3.05, 3.63) is 62.6 Å². The Morgan fingerprint density at radius 1 is 1.22 bits per heavy atom. The van der Waals surface area contributed by atoms with Crippen LogP contribution in [0, 0.1) is 10.1 Å². The molecule has 0 saturated carbocycles. The standard InChI is InChI=1S/C18H17BrN4O3S/c1-21(2)9-10-22(17(24)13-5-3-4-6-15(13)23(25)26)18-20-14-8-7-12(19)11-16(14)27-18/h3-8,11H,9-10H2,1-2H3. The monoisotopic (exact) mass is 448 g/mol. The SMILES string of the molecule is CN(C)CCN(C(=O)c1ccccc1[N+](=O)[O-])c1nc2ccc(Br)cc2s1. The Labute approximate surface area is 168 Å². The third-order valence-electron chi connectivity index (χ3n) is 3.92. The summed E-state index contributed by atoms with van der Waals surface area (Å²) >= 11 is 4.82. The summed E-state index contributed by atoms with van der Waals surface area (Å²) in [4.78, 5) is 32.0. The number of nitro benzene ring substituents is 1. The molecule has 3 aromatic rings. The normalized spacial score (nSPS) is 11.1. The van der Waals surface area contributed by atoms with E-state index in [1.165, 1.54) is 28.4 Å². The zero-order valence-corrected chi connectivity index (χ0v) is 17.2. The summed E-state index contributed by atoms with van der Waals surface area (Å²) in [6.07, 6.45) is 0. The highest BCUT2D eigenvalue weighted by atomic mass is 79.9. The highest BCUT2D eigenvalue weighted by Gasteiger charge is 2.27. The number of nitrogens with zero attached hydrogens (tertiary/aromatic N) is 4. The molecule has 0 aliphatic heterocycles. The molecule has 140 valence electrons. The molecule has 0 unspecified atom stereocenters. The Hall–Kier alpha value is -2.36. The lowest BCUT2D eigenvalue weighted by Gasteiger charge is -2.21. The molecule has 0 radical (unpaired) electrons. The second kappa shape index (κ2) is 8.12. The molecule has 0 aliphatic rings. The van der Waals surface area contributed by atoms with Crippen LogP contribution in [-0.4, -0.2) is 47.9 Å². The van der Waals surface area contributed by atoms with Crippen LogP contribution < -0.4 is 4.90 Å². The van der Waals surface area contributed by atoms with Gasteiger partial charge in [0.15, 0.2) is 5.13 Å². The molecular formula is C18H17BrN4O3S. The van der Waals surface area contributed by atoms with Crippen molar-refractivity contribution >= 4 is 54.2 Å². The number of para-hydroxylation sites is 1. The summed E-state index contributed by atoms with van der Waals surface area (Å²) in [6.45, 7) is 0.977. The van der Waals surface area contributed by atoms with Crippen LogP contribution in [0.3, 0.4) is 0 Å². The van der Waals surface area contributed by atoms with Gasteiger partial charge in [-0.3, -0.25) is 19.8 Å². The Morgan fingerprint density at radius 2 is 1.96 bits per heavy atom. The van der Waals surface area contributed by atoms with Gasteiger partial charge in [0.2, 0.25) is 0 Å². The smallest absolute Gasteiger partial charge is 0.282 e. The third kappa shape index (κ3) is 4.32. The maximum absolute atomic E-state index is 13.2. The molecule has 0 atom stereocenters. The summed E-state index contributed by atoms with van der Waals surface area (Å²) in [5, 5.41) is 11.9. The van der Waals surface area contributed by atoms with E-state index in [1.807, 2.05) is 37.2 Å². The van der Waals surface area contributed by atoms with Crippen molar-refractivity contribution < 1.29 is 9.72 Å². The summed E-state index contributed by atoms with van der Waals surface area (Å²) in [5.41, 5.74) is 0.631. The highest BCUT2D eigenvalue weighted by Crippen LogP contribution is 2.32.